The van der Waals surface area contributed by atoms with Crippen LogP contribution in [0.5, 0.6) is 11.5 Å². The molecule has 140 valence electrons. The molecule has 0 unspecified atom stereocenters. The number of hydrogen-bond acceptors (Lipinski definition) is 4. The molecule has 1 aliphatic carbocycles. The highest BCUT2D eigenvalue weighted by atomic mass is 19.3. The largest absolute Gasteiger partial charge is 0.493 e. The van der Waals surface area contributed by atoms with E-state index in [4.69, 9.17) is 15.3 Å². The third-order valence-electron chi connectivity index (χ3n) is 4.15. The minimum absolute atomic E-state index is 0.0376. The first-order chi connectivity index (χ1) is 12.8. The molecule has 0 fully saturated rings. The van der Waals surface area contributed by atoms with E-state index in [9.17, 15) is 8.78 Å². The van der Waals surface area contributed by atoms with Crippen molar-refractivity contribution in [3.05, 3.63) is 52.6 Å². The first-order valence-corrected chi connectivity index (χ1v) is 8.33. The van der Waals surface area contributed by atoms with Crippen LogP contribution in [0.2, 0.25) is 0 Å². The van der Waals surface area contributed by atoms with Crippen LogP contribution in [0, 0.1) is 28.1 Å². The predicted molar refractivity (Wildman–Crippen MR) is 98.0 cm³/mol. The van der Waals surface area contributed by atoms with Gasteiger partial charge in [-0.25, -0.2) is 0 Å². The van der Waals surface area contributed by atoms with E-state index in [0.29, 0.717) is 17.6 Å². The number of benzene rings is 1. The molecule has 1 aliphatic rings. The van der Waals surface area contributed by atoms with Crippen LogP contribution < -0.4 is 9.47 Å². The molecule has 1 aromatic rings. The lowest BCUT2D eigenvalue weighted by atomic mass is 9.74. The van der Waals surface area contributed by atoms with Gasteiger partial charge in [0.15, 0.2) is 11.5 Å². The van der Waals surface area contributed by atoms with Crippen LogP contribution in [-0.4, -0.2) is 13.7 Å². The molecular formula is C21H20F2N2O2. The number of alkyl halides is 2. The summed E-state index contributed by atoms with van der Waals surface area (Å²) in [5.41, 5.74) is 2.36. The number of rotatable bonds is 5. The van der Waals surface area contributed by atoms with Crippen LogP contribution in [-0.2, 0) is 0 Å². The van der Waals surface area contributed by atoms with Crippen molar-refractivity contribution in [2.45, 2.75) is 33.3 Å². The van der Waals surface area contributed by atoms with Gasteiger partial charge in [0.25, 0.3) is 0 Å². The second-order valence-electron chi connectivity index (χ2n) is 6.98. The third-order valence-corrected chi connectivity index (χ3v) is 4.15. The zero-order valence-corrected chi connectivity index (χ0v) is 15.4. The van der Waals surface area contributed by atoms with Crippen molar-refractivity contribution >= 4 is 6.08 Å². The van der Waals surface area contributed by atoms with Gasteiger partial charge >= 0.3 is 6.61 Å². The Balaban J connectivity index is 2.35. The normalized spacial score (nSPS) is 15.9. The quantitative estimate of drug-likeness (QED) is 0.651. The summed E-state index contributed by atoms with van der Waals surface area (Å²) < 4.78 is 34.6. The molecule has 4 nitrogen and oxygen atoms in total. The summed E-state index contributed by atoms with van der Waals surface area (Å²) in [6.45, 7) is 1.20. The van der Waals surface area contributed by atoms with Gasteiger partial charge in [0.1, 0.15) is 17.7 Å². The molecule has 0 aliphatic heterocycles. The highest BCUT2D eigenvalue weighted by Crippen LogP contribution is 2.39. The molecule has 1 aromatic carbocycles. The first kappa shape index (κ1) is 20.2. The van der Waals surface area contributed by atoms with Gasteiger partial charge in [0.2, 0.25) is 0 Å². The summed E-state index contributed by atoms with van der Waals surface area (Å²) in [5.74, 6) is 0.188. The molecule has 2 rings (SSSR count). The number of methoxy groups -OCH3 is 1. The fourth-order valence-electron chi connectivity index (χ4n) is 3.08. The minimum atomic E-state index is -2.94. The zero-order chi connectivity index (χ0) is 20.0. The van der Waals surface area contributed by atoms with Crippen molar-refractivity contribution in [1.82, 2.24) is 0 Å². The van der Waals surface area contributed by atoms with Gasteiger partial charge in [-0.3, -0.25) is 0 Å². The summed E-state index contributed by atoms with van der Waals surface area (Å²) in [5, 5.41) is 18.3. The van der Waals surface area contributed by atoms with Gasteiger partial charge < -0.3 is 9.47 Å². The Morgan fingerprint density at radius 3 is 2.44 bits per heavy atom. The second kappa shape index (κ2) is 8.51. The van der Waals surface area contributed by atoms with E-state index >= 15 is 0 Å². The number of nitriles is 2. The molecule has 0 aromatic heterocycles. The lowest BCUT2D eigenvalue weighted by Crippen LogP contribution is -2.17. The van der Waals surface area contributed by atoms with Crippen LogP contribution in [0.25, 0.3) is 6.08 Å². The summed E-state index contributed by atoms with van der Waals surface area (Å²) in [4.78, 5) is 0. The van der Waals surface area contributed by atoms with E-state index in [-0.39, 0.29) is 22.5 Å². The van der Waals surface area contributed by atoms with E-state index in [1.807, 2.05) is 24.3 Å². The molecule has 0 saturated carbocycles. The van der Waals surface area contributed by atoms with Crippen molar-refractivity contribution < 1.29 is 18.3 Å². The predicted octanol–water partition coefficient (Wildman–Crippen LogP) is 5.40. The summed E-state index contributed by atoms with van der Waals surface area (Å²) in [6.07, 6.45) is 6.91. The summed E-state index contributed by atoms with van der Waals surface area (Å²) in [6, 6.07) is 8.65. The smallest absolute Gasteiger partial charge is 0.387 e. The monoisotopic (exact) mass is 370 g/mol. The number of halogens is 2. The molecule has 0 bridgehead atoms. The Hall–Kier alpha value is -3.12. The van der Waals surface area contributed by atoms with Crippen LogP contribution >= 0.6 is 0 Å². The molecule has 0 saturated heterocycles. The number of allylic oxidation sites excluding steroid dienone is 5. The molecule has 0 spiro atoms. The Kier molecular flexibility index (Phi) is 6.36. The lowest BCUT2D eigenvalue weighted by Gasteiger charge is -2.30. The van der Waals surface area contributed by atoms with E-state index < -0.39 is 6.61 Å². The van der Waals surface area contributed by atoms with Gasteiger partial charge in [-0.2, -0.15) is 19.3 Å². The van der Waals surface area contributed by atoms with Gasteiger partial charge in [0, 0.05) is 0 Å². The van der Waals surface area contributed by atoms with Crippen LogP contribution in [0.3, 0.4) is 0 Å². The van der Waals surface area contributed by atoms with Crippen LogP contribution in [0.4, 0.5) is 8.78 Å². The van der Waals surface area contributed by atoms with E-state index in [2.05, 4.69) is 18.6 Å². The molecule has 0 radical (unpaired) electrons. The Morgan fingerprint density at radius 2 is 1.85 bits per heavy atom. The van der Waals surface area contributed by atoms with E-state index in [1.54, 1.807) is 18.2 Å². The Bertz CT molecular complexity index is 868. The Labute approximate surface area is 157 Å². The maximum Gasteiger partial charge on any atom is 0.387 e. The fraction of sp³-hybridized carbons (Fsp3) is 0.333. The number of nitrogens with zero attached hydrogens (tertiary/aromatic N) is 2. The highest BCUT2D eigenvalue weighted by Gasteiger charge is 2.26. The Morgan fingerprint density at radius 1 is 1.15 bits per heavy atom. The third kappa shape index (κ3) is 5.43. The molecule has 0 amide bonds. The van der Waals surface area contributed by atoms with Gasteiger partial charge in [0.05, 0.1) is 7.11 Å². The molecule has 0 N–H and O–H groups in total. The van der Waals surface area contributed by atoms with Gasteiger partial charge in [-0.1, -0.05) is 38.1 Å². The average Bonchev–Trinajstić information content (AvgIpc) is 2.59. The topological polar surface area (TPSA) is 66.0 Å². The van der Waals surface area contributed by atoms with Gasteiger partial charge in [-0.05, 0) is 47.1 Å². The van der Waals surface area contributed by atoms with Crippen molar-refractivity contribution in [3.8, 4) is 23.6 Å². The lowest BCUT2D eigenvalue weighted by molar-refractivity contribution is -0.0512. The van der Waals surface area contributed by atoms with Crippen molar-refractivity contribution in [1.29, 1.82) is 10.5 Å². The number of hydrogen-bond donors (Lipinski definition) is 0. The van der Waals surface area contributed by atoms with Crippen molar-refractivity contribution in [2.75, 3.05) is 7.11 Å². The molecule has 6 heteroatoms. The average molecular weight is 370 g/mol. The number of ether oxygens (including phenoxy) is 2. The van der Waals surface area contributed by atoms with E-state index in [0.717, 1.165) is 12.0 Å². The first-order valence-electron chi connectivity index (χ1n) is 8.33. The minimum Gasteiger partial charge on any atom is -0.493 e. The molecule has 0 heterocycles. The fourth-order valence-corrected chi connectivity index (χ4v) is 3.08. The second-order valence-corrected chi connectivity index (χ2v) is 6.98. The maximum atomic E-state index is 12.6. The molecule has 0 atom stereocenters. The van der Waals surface area contributed by atoms with Gasteiger partial charge in [-0.15, -0.1) is 0 Å². The highest BCUT2D eigenvalue weighted by molar-refractivity contribution is 5.59. The summed E-state index contributed by atoms with van der Waals surface area (Å²) in [7, 11) is 1.38. The zero-order valence-electron chi connectivity index (χ0n) is 15.4. The van der Waals surface area contributed by atoms with E-state index in [1.165, 1.54) is 13.2 Å². The standard InChI is InChI=1S/C21H20F2N2O2/c1-21(2)10-15(8-16(11-21)17(12-24)13-25)5-4-14-6-7-18(26-3)19(9-14)27-20(22)23/h4-9,20H,10-11H2,1-3H3/b5-4+. The van der Waals surface area contributed by atoms with Crippen molar-refractivity contribution in [2.24, 2.45) is 5.41 Å². The molecular weight excluding hydrogens is 350 g/mol. The van der Waals surface area contributed by atoms with Crippen LogP contribution in [0.1, 0.15) is 32.3 Å². The SMILES string of the molecule is COc1ccc(/C=C/C2=CC(=C(C#N)C#N)CC(C)(C)C2)cc1OC(F)F. The van der Waals surface area contributed by atoms with Crippen LogP contribution in [0.15, 0.2) is 47.1 Å². The maximum absolute atomic E-state index is 12.6. The van der Waals surface area contributed by atoms with Crippen molar-refractivity contribution in [3.63, 3.8) is 0 Å². The summed E-state index contributed by atoms with van der Waals surface area (Å²) >= 11 is 0. The molecule has 27 heavy (non-hydrogen) atoms.